The minimum absolute atomic E-state index is 0.0792. The van der Waals surface area contributed by atoms with Crippen LogP contribution in [-0.4, -0.2) is 98.6 Å². The molecule has 0 atom stereocenters. The fourth-order valence-corrected chi connectivity index (χ4v) is 6.70. The number of anilines is 3. The van der Waals surface area contributed by atoms with E-state index >= 15 is 0 Å². The molecule has 1 amide bonds. The summed E-state index contributed by atoms with van der Waals surface area (Å²) in [7, 11) is 0. The Hall–Kier alpha value is -4.47. The fraction of sp³-hybridized carbons (Fsp3) is 0.469. The third kappa shape index (κ3) is 5.37. The summed E-state index contributed by atoms with van der Waals surface area (Å²) in [6.07, 6.45) is 9.14. The number of piperidine rings is 1. The van der Waals surface area contributed by atoms with E-state index in [1.807, 2.05) is 58.4 Å². The Bertz CT molecular complexity index is 1650. The highest BCUT2D eigenvalue weighted by molar-refractivity contribution is 5.94. The summed E-state index contributed by atoms with van der Waals surface area (Å²) < 4.78 is 9.22. The molecule has 228 valence electrons. The Balaban J connectivity index is 0.995. The van der Waals surface area contributed by atoms with Crippen LogP contribution in [0.4, 0.5) is 17.3 Å². The third-order valence-corrected chi connectivity index (χ3v) is 9.29. The fourth-order valence-electron chi connectivity index (χ4n) is 6.70. The van der Waals surface area contributed by atoms with E-state index in [2.05, 4.69) is 44.5 Å². The van der Waals surface area contributed by atoms with Crippen molar-refractivity contribution in [3.63, 3.8) is 0 Å². The van der Waals surface area contributed by atoms with E-state index in [1.165, 1.54) is 0 Å². The summed E-state index contributed by atoms with van der Waals surface area (Å²) in [6.45, 7) is 8.59. The summed E-state index contributed by atoms with van der Waals surface area (Å²) >= 11 is 0. The lowest BCUT2D eigenvalue weighted by atomic mass is 9.86. The van der Waals surface area contributed by atoms with Gasteiger partial charge in [-0.2, -0.15) is 15.3 Å². The van der Waals surface area contributed by atoms with Gasteiger partial charge in [-0.15, -0.1) is 5.10 Å². The number of hydrogen-bond acceptors (Lipinski definition) is 9. The maximum Gasteiger partial charge on any atom is 0.253 e. The Labute approximate surface area is 256 Å². The number of rotatable bonds is 8. The van der Waals surface area contributed by atoms with Gasteiger partial charge in [0, 0.05) is 69.0 Å². The molecule has 3 saturated heterocycles. The number of benzene rings is 1. The van der Waals surface area contributed by atoms with Crippen LogP contribution in [0.15, 0.2) is 55.0 Å². The van der Waals surface area contributed by atoms with Gasteiger partial charge in [0.15, 0.2) is 5.65 Å². The minimum atomic E-state index is -0.353. The van der Waals surface area contributed by atoms with Gasteiger partial charge in [0.1, 0.15) is 5.54 Å². The molecule has 0 aliphatic carbocycles. The first-order valence-corrected chi connectivity index (χ1v) is 15.5. The Morgan fingerprint density at radius 2 is 1.89 bits per heavy atom. The molecule has 0 radical (unpaired) electrons. The van der Waals surface area contributed by atoms with E-state index in [1.54, 1.807) is 4.52 Å². The first kappa shape index (κ1) is 28.3. The van der Waals surface area contributed by atoms with Crippen molar-refractivity contribution in [1.82, 2.24) is 34.2 Å². The van der Waals surface area contributed by atoms with Crippen LogP contribution in [0.2, 0.25) is 0 Å². The van der Waals surface area contributed by atoms with E-state index in [0.29, 0.717) is 37.1 Å². The van der Waals surface area contributed by atoms with Crippen LogP contribution in [-0.2, 0) is 16.7 Å². The second kappa shape index (κ2) is 11.9. The van der Waals surface area contributed by atoms with E-state index in [4.69, 9.17) is 9.72 Å². The average Bonchev–Trinajstić information content (AvgIpc) is 3.70. The van der Waals surface area contributed by atoms with Crippen molar-refractivity contribution in [3.8, 4) is 6.07 Å². The Morgan fingerprint density at radius 1 is 1.11 bits per heavy atom. The van der Waals surface area contributed by atoms with Gasteiger partial charge in [-0.25, -0.2) is 4.52 Å². The number of carbonyl (C=O) groups is 1. The van der Waals surface area contributed by atoms with Crippen LogP contribution < -0.4 is 10.2 Å². The average molecular weight is 595 g/mol. The lowest BCUT2D eigenvalue weighted by Crippen LogP contribution is -2.63. The number of amides is 1. The lowest BCUT2D eigenvalue weighted by Gasteiger charge is -2.50. The molecular formula is C32H38N10O2. The number of likely N-dealkylation sites (tertiary alicyclic amines) is 1. The predicted molar refractivity (Wildman–Crippen MR) is 166 cm³/mol. The predicted octanol–water partition coefficient (Wildman–Crippen LogP) is 3.30. The summed E-state index contributed by atoms with van der Waals surface area (Å²) in [5.41, 5.74) is 4.01. The van der Waals surface area contributed by atoms with Crippen molar-refractivity contribution in [3.05, 3.63) is 66.1 Å². The normalized spacial score (nSPS) is 19.1. The summed E-state index contributed by atoms with van der Waals surface area (Å²) in [5, 5.41) is 22.1. The van der Waals surface area contributed by atoms with Gasteiger partial charge in [0.2, 0.25) is 5.95 Å². The smallest absolute Gasteiger partial charge is 0.253 e. The molecule has 0 bridgehead atoms. The van der Waals surface area contributed by atoms with Crippen LogP contribution in [0, 0.1) is 11.3 Å². The minimum Gasteiger partial charge on any atom is -0.379 e. The second-order valence-corrected chi connectivity index (χ2v) is 12.0. The molecule has 12 nitrogen and oxygen atoms in total. The van der Waals surface area contributed by atoms with Crippen LogP contribution in [0.3, 0.4) is 0 Å². The molecule has 12 heteroatoms. The molecule has 3 fully saturated rings. The van der Waals surface area contributed by atoms with Gasteiger partial charge in [-0.3, -0.25) is 14.4 Å². The maximum absolute atomic E-state index is 13.2. The van der Waals surface area contributed by atoms with Crippen molar-refractivity contribution in [2.24, 2.45) is 0 Å². The van der Waals surface area contributed by atoms with Gasteiger partial charge in [-0.1, -0.05) is 6.92 Å². The molecule has 3 aliphatic heterocycles. The van der Waals surface area contributed by atoms with E-state index in [-0.39, 0.29) is 11.4 Å². The first-order valence-electron chi connectivity index (χ1n) is 15.5. The number of aryl methyl sites for hydroxylation is 1. The molecule has 1 N–H and O–H groups in total. The van der Waals surface area contributed by atoms with Gasteiger partial charge in [0.25, 0.3) is 5.91 Å². The number of nitriles is 1. The highest BCUT2D eigenvalue weighted by atomic mass is 16.5. The van der Waals surface area contributed by atoms with Gasteiger partial charge in [-0.05, 0) is 61.2 Å². The number of pyridine rings is 1. The molecule has 7 rings (SSSR count). The monoisotopic (exact) mass is 594 g/mol. The zero-order chi connectivity index (χ0) is 30.1. The lowest BCUT2D eigenvalue weighted by molar-refractivity contribution is 0.00159. The number of morpholine rings is 1. The number of nitrogens with one attached hydrogen (secondary N) is 1. The zero-order valence-electron chi connectivity index (χ0n) is 25.1. The molecule has 0 unspecified atom stereocenters. The van der Waals surface area contributed by atoms with Crippen molar-refractivity contribution in [1.29, 1.82) is 5.26 Å². The largest absolute Gasteiger partial charge is 0.379 e. The van der Waals surface area contributed by atoms with Gasteiger partial charge in [0.05, 0.1) is 37.6 Å². The molecule has 44 heavy (non-hydrogen) atoms. The van der Waals surface area contributed by atoms with E-state index in [0.717, 1.165) is 81.2 Å². The number of ether oxygens (including phenoxy) is 1. The van der Waals surface area contributed by atoms with Crippen LogP contribution in [0.5, 0.6) is 0 Å². The van der Waals surface area contributed by atoms with Crippen LogP contribution in [0.1, 0.15) is 42.1 Å². The topological polar surface area (TPSA) is 120 Å². The standard InChI is InChI=1S/C32H38N10O2/c1-2-24-20-34-42(21-24)32(11-12-33)22-40(23-32)28-4-3-13-41-29(28)36-31(37-41)35-26-7-5-25(6-8-26)30(43)39-14-9-27(10-15-39)38-16-18-44-19-17-38/h3-8,13,20-21,27H,2,9-11,14-19,22-23H2,1H3,(H,35,37). The van der Waals surface area contributed by atoms with Crippen molar-refractivity contribution in [2.75, 3.05) is 62.7 Å². The molecule has 4 aromatic rings. The summed E-state index contributed by atoms with van der Waals surface area (Å²) in [5.74, 6) is 0.556. The third-order valence-electron chi connectivity index (χ3n) is 9.29. The molecular weight excluding hydrogens is 556 g/mol. The number of nitrogens with zero attached hydrogens (tertiary/aromatic N) is 9. The SMILES string of the molecule is CCc1cnn(C2(CC#N)CN(c3cccn4nc(Nc5ccc(C(=O)N6CCC(N7CCOCC7)CC6)cc5)nc34)C2)c1. The van der Waals surface area contributed by atoms with E-state index in [9.17, 15) is 10.1 Å². The highest BCUT2D eigenvalue weighted by Crippen LogP contribution is 2.37. The summed E-state index contributed by atoms with van der Waals surface area (Å²) in [4.78, 5) is 24.7. The molecule has 3 aromatic heterocycles. The van der Waals surface area contributed by atoms with Crippen LogP contribution >= 0.6 is 0 Å². The molecule has 3 aliphatic rings. The molecule has 6 heterocycles. The van der Waals surface area contributed by atoms with Gasteiger partial charge >= 0.3 is 0 Å². The first-order chi connectivity index (χ1) is 21.5. The second-order valence-electron chi connectivity index (χ2n) is 12.0. The van der Waals surface area contributed by atoms with E-state index < -0.39 is 0 Å². The number of aromatic nitrogens is 5. The highest BCUT2D eigenvalue weighted by Gasteiger charge is 2.46. The zero-order valence-corrected chi connectivity index (χ0v) is 25.1. The maximum atomic E-state index is 13.2. The van der Waals surface area contributed by atoms with Crippen LogP contribution in [0.25, 0.3) is 5.65 Å². The molecule has 0 saturated carbocycles. The van der Waals surface area contributed by atoms with Gasteiger partial charge < -0.3 is 19.9 Å². The number of carbonyl (C=O) groups excluding carboxylic acids is 1. The van der Waals surface area contributed by atoms with Crippen molar-refractivity contribution in [2.45, 2.75) is 44.2 Å². The molecule has 0 spiro atoms. The quantitative estimate of drug-likeness (QED) is 0.328. The number of fused-ring (bicyclic) bond motifs is 1. The van der Waals surface area contributed by atoms with Crippen molar-refractivity contribution < 1.29 is 9.53 Å². The van der Waals surface area contributed by atoms with Crippen molar-refractivity contribution >= 4 is 28.9 Å². The Kier molecular flexibility index (Phi) is 7.66. The molecule has 1 aromatic carbocycles. The number of hydrogen-bond donors (Lipinski definition) is 1. The Morgan fingerprint density at radius 3 is 2.59 bits per heavy atom. The summed E-state index contributed by atoms with van der Waals surface area (Å²) in [6, 6.07) is 14.4.